The van der Waals surface area contributed by atoms with E-state index in [0.29, 0.717) is 0 Å². The van der Waals surface area contributed by atoms with Crippen LogP contribution in [0.15, 0.2) is 199 Å². The number of ether oxygens (including phenoxy) is 1. The summed E-state index contributed by atoms with van der Waals surface area (Å²) in [6.07, 6.45) is 6.60. The third kappa shape index (κ3) is 4.59. The molecule has 2 aromatic heterocycles. The summed E-state index contributed by atoms with van der Waals surface area (Å²) in [6, 6.07) is 62.9. The van der Waals surface area contributed by atoms with Crippen LogP contribution in [0.4, 0.5) is 17.1 Å². The third-order valence-electron chi connectivity index (χ3n) is 11.7. The molecule has 12 rings (SSSR count). The summed E-state index contributed by atoms with van der Waals surface area (Å²) in [4.78, 5) is 2.43. The number of furan rings is 1. The van der Waals surface area contributed by atoms with E-state index in [4.69, 9.17) is 9.15 Å². The van der Waals surface area contributed by atoms with E-state index in [1.807, 2.05) is 12.1 Å². The summed E-state index contributed by atoms with van der Waals surface area (Å²) in [5.74, 6) is 1.03. The average molecular weight is 719 g/mol. The fraction of sp³-hybridized carbons (Fsp3) is 0.0385. The molecular weight excluding hydrogens is 685 g/mol. The number of anilines is 3. The lowest BCUT2D eigenvalue weighted by Gasteiger charge is -2.28. The van der Waals surface area contributed by atoms with Crippen molar-refractivity contribution in [3.8, 4) is 11.4 Å². The topological polar surface area (TPSA) is 30.5 Å². The van der Waals surface area contributed by atoms with E-state index >= 15 is 0 Å². The van der Waals surface area contributed by atoms with Crippen LogP contribution in [0.2, 0.25) is 0 Å². The Hall–Kier alpha value is -7.30. The Morgan fingerprint density at radius 2 is 1.16 bits per heavy atom. The minimum absolute atomic E-state index is 0.0683. The van der Waals surface area contributed by atoms with Gasteiger partial charge in [0.25, 0.3) is 0 Å². The summed E-state index contributed by atoms with van der Waals surface area (Å²) >= 11 is 0. The van der Waals surface area contributed by atoms with Gasteiger partial charge in [0.2, 0.25) is 0 Å². The van der Waals surface area contributed by atoms with Gasteiger partial charge >= 0.3 is 0 Å². The van der Waals surface area contributed by atoms with Crippen molar-refractivity contribution in [1.82, 2.24) is 4.57 Å². The van der Waals surface area contributed by atoms with E-state index in [9.17, 15) is 0 Å². The lowest BCUT2D eigenvalue weighted by Crippen LogP contribution is -2.21. The van der Waals surface area contributed by atoms with Gasteiger partial charge in [-0.05, 0) is 66.2 Å². The summed E-state index contributed by atoms with van der Waals surface area (Å²) in [7, 11) is 0. The van der Waals surface area contributed by atoms with Crippen LogP contribution < -0.4 is 9.64 Å². The van der Waals surface area contributed by atoms with Crippen molar-refractivity contribution in [2.24, 2.45) is 0 Å². The van der Waals surface area contributed by atoms with Crippen molar-refractivity contribution in [2.45, 2.75) is 12.0 Å². The fourth-order valence-electron chi connectivity index (χ4n) is 9.24. The Kier molecular flexibility index (Phi) is 6.72. The molecule has 0 bridgehead atoms. The van der Waals surface area contributed by atoms with Gasteiger partial charge in [0.05, 0.1) is 16.7 Å². The van der Waals surface area contributed by atoms with E-state index in [1.165, 1.54) is 33.0 Å². The smallest absolute Gasteiger partial charge is 0.135 e. The summed E-state index contributed by atoms with van der Waals surface area (Å²) in [5, 5.41) is 6.87. The highest BCUT2D eigenvalue weighted by Gasteiger charge is 2.39. The molecule has 1 aliphatic carbocycles. The van der Waals surface area contributed by atoms with Crippen molar-refractivity contribution in [1.29, 1.82) is 0 Å². The monoisotopic (exact) mass is 718 g/mol. The predicted molar refractivity (Wildman–Crippen MR) is 231 cm³/mol. The molecule has 0 amide bonds. The highest BCUT2D eigenvalue weighted by atomic mass is 16.5. The number of aromatic nitrogens is 1. The van der Waals surface area contributed by atoms with Crippen molar-refractivity contribution in [3.63, 3.8) is 0 Å². The minimum atomic E-state index is -0.115. The molecule has 3 heterocycles. The summed E-state index contributed by atoms with van der Waals surface area (Å²) < 4.78 is 15.8. The normalized spacial score (nSPS) is 16.0. The first kappa shape index (κ1) is 31.1. The first-order valence-electron chi connectivity index (χ1n) is 19.2. The zero-order valence-corrected chi connectivity index (χ0v) is 30.3. The number of rotatable bonds is 5. The molecule has 4 heteroatoms. The van der Waals surface area contributed by atoms with E-state index < -0.39 is 0 Å². The molecular formula is C52H34N2O2. The molecule has 0 saturated carbocycles. The van der Waals surface area contributed by atoms with Crippen molar-refractivity contribution in [2.75, 3.05) is 4.90 Å². The molecule has 0 saturated heterocycles. The Labute approximate surface area is 323 Å². The summed E-state index contributed by atoms with van der Waals surface area (Å²) in [5.41, 5.74) is 12.0. The predicted octanol–water partition coefficient (Wildman–Crippen LogP) is 13.8. The molecule has 2 atom stereocenters. The molecule has 0 N–H and O–H groups in total. The van der Waals surface area contributed by atoms with E-state index in [0.717, 1.165) is 66.7 Å². The van der Waals surface area contributed by atoms with Gasteiger partial charge < -0.3 is 18.6 Å². The molecule has 0 spiro atoms. The second-order valence-corrected chi connectivity index (χ2v) is 14.8. The Morgan fingerprint density at radius 3 is 2.02 bits per heavy atom. The third-order valence-corrected chi connectivity index (χ3v) is 11.7. The van der Waals surface area contributed by atoms with Crippen LogP contribution in [0.1, 0.15) is 17.0 Å². The van der Waals surface area contributed by atoms with Gasteiger partial charge in [-0.25, -0.2) is 0 Å². The Balaban J connectivity index is 1.13. The molecule has 10 aromatic rings. The number of hydrogen-bond donors (Lipinski definition) is 0. The number of fused-ring (bicyclic) bond motifs is 11. The van der Waals surface area contributed by atoms with Gasteiger partial charge in [-0.2, -0.15) is 0 Å². The maximum atomic E-state index is 7.04. The van der Waals surface area contributed by atoms with Crippen molar-refractivity contribution < 1.29 is 9.15 Å². The summed E-state index contributed by atoms with van der Waals surface area (Å²) in [6.45, 7) is 0. The largest absolute Gasteiger partial charge is 0.484 e. The fourth-order valence-corrected chi connectivity index (χ4v) is 9.24. The second-order valence-electron chi connectivity index (χ2n) is 14.8. The van der Waals surface area contributed by atoms with Gasteiger partial charge in [0.15, 0.2) is 0 Å². The van der Waals surface area contributed by atoms with Crippen LogP contribution in [0.5, 0.6) is 5.75 Å². The highest BCUT2D eigenvalue weighted by Crippen LogP contribution is 2.53. The molecule has 0 radical (unpaired) electrons. The Morgan fingerprint density at radius 1 is 0.500 bits per heavy atom. The van der Waals surface area contributed by atoms with Gasteiger partial charge in [0, 0.05) is 66.4 Å². The van der Waals surface area contributed by atoms with Crippen LogP contribution in [0.3, 0.4) is 0 Å². The molecule has 8 aromatic carbocycles. The minimum Gasteiger partial charge on any atom is -0.484 e. The van der Waals surface area contributed by atoms with Gasteiger partial charge in [0.1, 0.15) is 23.0 Å². The standard InChI is InChI=1S/C52H34N2O2/c1-3-14-33(15-4-1)37-22-13-23-43-45-32-48(39-19-7-8-21-42(39)52(45)56-51(37)43)53(35-27-29-50-44(30-35)41-20-10-12-25-49(41)55-50)36-26-28-40-38-18-9-11-24-46(38)54(47(40)31-36)34-16-5-2-6-17-34/h1-32,43,51H. The first-order chi connectivity index (χ1) is 27.8. The van der Waals surface area contributed by atoms with E-state index in [2.05, 4.69) is 191 Å². The zero-order valence-electron chi connectivity index (χ0n) is 30.3. The molecule has 2 unspecified atom stereocenters. The number of nitrogens with zero attached hydrogens (tertiary/aromatic N) is 2. The highest BCUT2D eigenvalue weighted by molar-refractivity contribution is 6.12. The number of allylic oxidation sites excluding steroid dienone is 2. The lowest BCUT2D eigenvalue weighted by atomic mass is 9.83. The second kappa shape index (κ2) is 12.1. The lowest BCUT2D eigenvalue weighted by molar-refractivity contribution is 0.281. The van der Waals surface area contributed by atoms with Crippen LogP contribution in [-0.2, 0) is 0 Å². The Bertz CT molecular complexity index is 3240. The van der Waals surface area contributed by atoms with Crippen LogP contribution in [0.25, 0.3) is 65.8 Å². The van der Waals surface area contributed by atoms with Crippen LogP contribution >= 0.6 is 0 Å². The molecule has 1 aliphatic heterocycles. The van der Waals surface area contributed by atoms with Crippen LogP contribution in [0, 0.1) is 0 Å². The van der Waals surface area contributed by atoms with Gasteiger partial charge in [-0.3, -0.25) is 0 Å². The zero-order chi connectivity index (χ0) is 36.7. The number of para-hydroxylation sites is 3. The maximum Gasteiger partial charge on any atom is 0.135 e. The van der Waals surface area contributed by atoms with E-state index in [-0.39, 0.29) is 12.0 Å². The van der Waals surface area contributed by atoms with E-state index in [1.54, 1.807) is 0 Å². The SMILES string of the molecule is C1=CC2c3cc(N(c4ccc5oc6ccccc6c5c4)c4ccc5c6ccccc6n(-c6ccccc6)c5c4)c4ccccc4c3OC2C(c2ccccc2)=C1. The average Bonchev–Trinajstić information content (AvgIpc) is 3.94. The van der Waals surface area contributed by atoms with Crippen LogP contribution in [-0.4, -0.2) is 10.7 Å². The number of hydrogen-bond acceptors (Lipinski definition) is 3. The maximum absolute atomic E-state index is 7.04. The van der Waals surface area contributed by atoms with Gasteiger partial charge in [-0.15, -0.1) is 0 Å². The molecule has 56 heavy (non-hydrogen) atoms. The molecule has 2 aliphatic rings. The first-order valence-corrected chi connectivity index (χ1v) is 19.2. The van der Waals surface area contributed by atoms with Crippen molar-refractivity contribution >= 4 is 77.2 Å². The molecule has 4 nitrogen and oxygen atoms in total. The van der Waals surface area contributed by atoms with Crippen molar-refractivity contribution in [3.05, 3.63) is 205 Å². The van der Waals surface area contributed by atoms with Gasteiger partial charge in [-0.1, -0.05) is 133 Å². The quantitative estimate of drug-likeness (QED) is 0.177. The number of benzene rings is 8. The molecule has 264 valence electrons. The molecule has 0 fully saturated rings.